The molecule has 1 unspecified atom stereocenters. The number of benzene rings is 2. The van der Waals surface area contributed by atoms with E-state index < -0.39 is 0 Å². The first kappa shape index (κ1) is 17.3. The predicted molar refractivity (Wildman–Crippen MR) is 101 cm³/mol. The van der Waals surface area contributed by atoms with Crippen molar-refractivity contribution < 1.29 is 4.74 Å². The minimum atomic E-state index is 0.111. The monoisotopic (exact) mass is 328 g/mol. The zero-order chi connectivity index (χ0) is 16.8. The molecule has 0 aliphatic rings. The maximum Gasteiger partial charge on any atom is 0.171 e. The Morgan fingerprint density at radius 1 is 1.09 bits per heavy atom. The Hall–Kier alpha value is -2.07. The summed E-state index contributed by atoms with van der Waals surface area (Å²) >= 11 is 5.39. The maximum absolute atomic E-state index is 5.84. The van der Waals surface area contributed by atoms with Gasteiger partial charge in [-0.05, 0) is 68.7 Å². The smallest absolute Gasteiger partial charge is 0.171 e. The molecule has 0 amide bonds. The summed E-state index contributed by atoms with van der Waals surface area (Å²) in [7, 11) is 0. The van der Waals surface area contributed by atoms with Crippen molar-refractivity contribution >= 4 is 23.0 Å². The molecule has 2 N–H and O–H groups in total. The highest BCUT2D eigenvalue weighted by Gasteiger charge is 2.08. The Labute approximate surface area is 144 Å². The molecule has 0 saturated heterocycles. The quantitative estimate of drug-likeness (QED) is 0.799. The fraction of sp³-hybridized carbons (Fsp3) is 0.316. The van der Waals surface area contributed by atoms with Gasteiger partial charge in [0.25, 0.3) is 0 Å². The lowest BCUT2D eigenvalue weighted by Crippen LogP contribution is -2.39. The molecule has 0 heterocycles. The molecule has 4 heteroatoms. The van der Waals surface area contributed by atoms with Gasteiger partial charge in [-0.2, -0.15) is 0 Å². The van der Waals surface area contributed by atoms with Gasteiger partial charge in [0.05, 0.1) is 6.04 Å². The lowest BCUT2D eigenvalue weighted by Gasteiger charge is -2.19. The van der Waals surface area contributed by atoms with Gasteiger partial charge in [-0.15, -0.1) is 0 Å². The second-order valence-corrected chi connectivity index (χ2v) is 6.30. The van der Waals surface area contributed by atoms with Crippen molar-refractivity contribution in [1.82, 2.24) is 5.32 Å². The van der Waals surface area contributed by atoms with Gasteiger partial charge in [0.1, 0.15) is 12.4 Å². The molecule has 0 aliphatic carbocycles. The molecule has 23 heavy (non-hydrogen) atoms. The van der Waals surface area contributed by atoms with Gasteiger partial charge in [0.15, 0.2) is 5.11 Å². The van der Waals surface area contributed by atoms with Crippen LogP contribution in [0.25, 0.3) is 0 Å². The van der Waals surface area contributed by atoms with Crippen LogP contribution in [0.1, 0.15) is 23.6 Å². The first-order valence-electron chi connectivity index (χ1n) is 7.79. The Balaban J connectivity index is 1.85. The van der Waals surface area contributed by atoms with Crippen LogP contribution in [0.5, 0.6) is 5.75 Å². The number of nitrogens with one attached hydrogen (secondary N) is 2. The Kier molecular flexibility index (Phi) is 5.99. The summed E-state index contributed by atoms with van der Waals surface area (Å²) in [6.07, 6.45) is 0. The van der Waals surface area contributed by atoms with E-state index in [1.54, 1.807) is 0 Å². The largest absolute Gasteiger partial charge is 0.491 e. The van der Waals surface area contributed by atoms with Crippen molar-refractivity contribution in [2.75, 3.05) is 11.9 Å². The molecule has 0 bridgehead atoms. The van der Waals surface area contributed by atoms with Crippen molar-refractivity contribution in [3.63, 3.8) is 0 Å². The third-order valence-electron chi connectivity index (χ3n) is 3.60. The molecule has 0 fully saturated rings. The fourth-order valence-electron chi connectivity index (χ4n) is 2.23. The average molecular weight is 328 g/mol. The summed E-state index contributed by atoms with van der Waals surface area (Å²) in [5.41, 5.74) is 4.55. The Morgan fingerprint density at radius 3 is 2.57 bits per heavy atom. The molecule has 2 aromatic carbocycles. The zero-order valence-electron chi connectivity index (χ0n) is 14.1. The third-order valence-corrected chi connectivity index (χ3v) is 3.82. The number of thiocarbonyl (C=S) groups is 1. The maximum atomic E-state index is 5.84. The number of hydrogen-bond donors (Lipinski definition) is 2. The number of anilines is 1. The number of rotatable bonds is 5. The number of ether oxygens (including phenoxy) is 1. The minimum absolute atomic E-state index is 0.111. The van der Waals surface area contributed by atoms with Crippen LogP contribution < -0.4 is 15.4 Å². The molecule has 122 valence electrons. The molecular weight excluding hydrogens is 304 g/mol. The lowest BCUT2D eigenvalue weighted by molar-refractivity contribution is 0.285. The topological polar surface area (TPSA) is 33.3 Å². The summed E-state index contributed by atoms with van der Waals surface area (Å²) in [5.74, 6) is 0.912. The van der Waals surface area contributed by atoms with Crippen LogP contribution in [-0.2, 0) is 0 Å². The number of hydrogen-bond acceptors (Lipinski definition) is 2. The van der Waals surface area contributed by atoms with Gasteiger partial charge in [0.2, 0.25) is 0 Å². The first-order valence-corrected chi connectivity index (χ1v) is 8.19. The van der Waals surface area contributed by atoms with Gasteiger partial charge in [-0.25, -0.2) is 0 Å². The number of aryl methyl sites for hydroxylation is 3. The normalized spacial score (nSPS) is 11.7. The molecule has 0 radical (unpaired) electrons. The van der Waals surface area contributed by atoms with Crippen LogP contribution in [-0.4, -0.2) is 17.8 Å². The van der Waals surface area contributed by atoms with Crippen molar-refractivity contribution in [1.29, 1.82) is 0 Å². The molecule has 2 rings (SSSR count). The molecule has 0 aromatic heterocycles. The van der Waals surface area contributed by atoms with E-state index in [0.29, 0.717) is 11.7 Å². The van der Waals surface area contributed by atoms with Crippen LogP contribution in [0.2, 0.25) is 0 Å². The molecule has 0 saturated carbocycles. The third kappa shape index (κ3) is 5.25. The fourth-order valence-corrected chi connectivity index (χ4v) is 2.54. The number of para-hydroxylation sites is 1. The van der Waals surface area contributed by atoms with E-state index >= 15 is 0 Å². The van der Waals surface area contributed by atoms with Crippen LogP contribution in [0.3, 0.4) is 0 Å². The summed E-state index contributed by atoms with van der Waals surface area (Å²) in [4.78, 5) is 0. The van der Waals surface area contributed by atoms with Crippen LogP contribution in [0.15, 0.2) is 42.5 Å². The van der Waals surface area contributed by atoms with Crippen molar-refractivity contribution in [2.24, 2.45) is 0 Å². The summed E-state index contributed by atoms with van der Waals surface area (Å²) in [5, 5.41) is 7.13. The standard InChI is InChI=1S/C19H24N2OS/c1-13-9-10-14(2)17(11-13)21-19(23)20-16(4)12-22-18-8-6-5-7-15(18)3/h5-11,16H,12H2,1-4H3,(H2,20,21,23). The molecule has 0 aliphatic heterocycles. The van der Waals surface area contributed by atoms with Crippen LogP contribution in [0, 0.1) is 20.8 Å². The van der Waals surface area contributed by atoms with E-state index in [1.165, 1.54) is 11.1 Å². The van der Waals surface area contributed by atoms with E-state index in [-0.39, 0.29) is 6.04 Å². The lowest BCUT2D eigenvalue weighted by atomic mass is 10.1. The SMILES string of the molecule is Cc1ccc(C)c(NC(=S)NC(C)COc2ccccc2C)c1. The second kappa shape index (κ2) is 7.97. The van der Waals surface area contributed by atoms with Crippen molar-refractivity contribution in [2.45, 2.75) is 33.7 Å². The highest BCUT2D eigenvalue weighted by molar-refractivity contribution is 7.80. The molecule has 3 nitrogen and oxygen atoms in total. The summed E-state index contributed by atoms with van der Waals surface area (Å²) in [6, 6.07) is 14.4. The van der Waals surface area contributed by atoms with E-state index in [2.05, 4.69) is 49.6 Å². The summed E-state index contributed by atoms with van der Waals surface area (Å²) < 4.78 is 5.84. The van der Waals surface area contributed by atoms with Gasteiger partial charge < -0.3 is 15.4 Å². The first-order chi connectivity index (χ1) is 11.0. The molecule has 1 atom stereocenters. The van der Waals surface area contributed by atoms with E-state index in [0.717, 1.165) is 17.0 Å². The van der Waals surface area contributed by atoms with E-state index in [9.17, 15) is 0 Å². The Bertz CT molecular complexity index is 685. The zero-order valence-corrected chi connectivity index (χ0v) is 15.0. The average Bonchev–Trinajstić information content (AvgIpc) is 2.50. The van der Waals surface area contributed by atoms with Crippen molar-refractivity contribution in [3.8, 4) is 5.75 Å². The molecular formula is C19H24N2OS. The second-order valence-electron chi connectivity index (χ2n) is 5.89. The van der Waals surface area contributed by atoms with E-state index in [1.807, 2.05) is 31.2 Å². The van der Waals surface area contributed by atoms with Gasteiger partial charge in [-0.1, -0.05) is 30.3 Å². The summed E-state index contributed by atoms with van der Waals surface area (Å²) in [6.45, 7) is 8.78. The highest BCUT2D eigenvalue weighted by atomic mass is 32.1. The predicted octanol–water partition coefficient (Wildman–Crippen LogP) is 4.37. The van der Waals surface area contributed by atoms with Crippen LogP contribution >= 0.6 is 12.2 Å². The van der Waals surface area contributed by atoms with Gasteiger partial charge >= 0.3 is 0 Å². The van der Waals surface area contributed by atoms with Gasteiger partial charge in [0, 0.05) is 5.69 Å². The molecule has 0 spiro atoms. The van der Waals surface area contributed by atoms with Crippen molar-refractivity contribution in [3.05, 3.63) is 59.2 Å². The molecule has 2 aromatic rings. The minimum Gasteiger partial charge on any atom is -0.491 e. The van der Waals surface area contributed by atoms with Crippen LogP contribution in [0.4, 0.5) is 5.69 Å². The van der Waals surface area contributed by atoms with E-state index in [4.69, 9.17) is 17.0 Å². The Morgan fingerprint density at radius 2 is 1.83 bits per heavy atom. The van der Waals surface area contributed by atoms with Gasteiger partial charge in [-0.3, -0.25) is 0 Å². The highest BCUT2D eigenvalue weighted by Crippen LogP contribution is 2.17.